The van der Waals surface area contributed by atoms with Crippen LogP contribution in [0.3, 0.4) is 0 Å². The molecule has 4 aliphatic rings. The normalized spacial score (nSPS) is 34.2. The zero-order valence-corrected chi connectivity index (χ0v) is 15.4. The summed E-state index contributed by atoms with van der Waals surface area (Å²) in [6.45, 7) is 2.14. The number of benzene rings is 2. The first-order chi connectivity index (χ1) is 12.7. The molecule has 132 valence electrons. The summed E-state index contributed by atoms with van der Waals surface area (Å²) >= 11 is 0. The maximum atomic E-state index is 5.26. The third-order valence-electron chi connectivity index (χ3n) is 7.38. The fourth-order valence-electron chi connectivity index (χ4n) is 6.36. The number of likely N-dealkylation sites (N-methyl/N-ethyl adjacent to an activating group) is 2. The molecule has 0 aliphatic carbocycles. The van der Waals surface area contributed by atoms with E-state index in [9.17, 15) is 0 Å². The van der Waals surface area contributed by atoms with E-state index in [2.05, 4.69) is 77.7 Å². The minimum absolute atomic E-state index is 0.0344. The predicted octanol–water partition coefficient (Wildman–Crippen LogP) is 3.33. The van der Waals surface area contributed by atoms with Crippen molar-refractivity contribution in [1.82, 2.24) is 9.80 Å². The van der Waals surface area contributed by atoms with Gasteiger partial charge >= 0.3 is 0 Å². The van der Waals surface area contributed by atoms with Crippen molar-refractivity contribution in [3.8, 4) is 0 Å². The lowest BCUT2D eigenvalue weighted by Gasteiger charge is -2.68. The van der Waals surface area contributed by atoms with Gasteiger partial charge in [-0.25, -0.2) is 4.99 Å². The second-order valence-corrected chi connectivity index (χ2v) is 8.32. The van der Waals surface area contributed by atoms with Crippen molar-refractivity contribution >= 4 is 17.2 Å². The maximum absolute atomic E-state index is 5.26. The quantitative estimate of drug-likeness (QED) is 0.795. The number of fused-ring (bicyclic) bond motifs is 2. The molecule has 4 heterocycles. The molecule has 6 rings (SSSR count). The van der Waals surface area contributed by atoms with Crippen LogP contribution in [0.2, 0.25) is 0 Å². The maximum Gasteiger partial charge on any atom is 0.116 e. The average Bonchev–Trinajstić information content (AvgIpc) is 2.67. The zero-order valence-electron chi connectivity index (χ0n) is 15.4. The van der Waals surface area contributed by atoms with E-state index in [-0.39, 0.29) is 10.8 Å². The predicted molar refractivity (Wildman–Crippen MR) is 105 cm³/mol. The van der Waals surface area contributed by atoms with E-state index >= 15 is 0 Å². The molecule has 4 heteroatoms. The van der Waals surface area contributed by atoms with Crippen molar-refractivity contribution < 1.29 is 0 Å². The average molecular weight is 344 g/mol. The molecule has 0 aromatic heterocycles. The number of rotatable bonds is 0. The van der Waals surface area contributed by atoms with E-state index in [1.54, 1.807) is 0 Å². The third-order valence-corrected chi connectivity index (χ3v) is 7.38. The van der Waals surface area contributed by atoms with Crippen molar-refractivity contribution in [2.24, 2.45) is 4.99 Å². The molecule has 0 spiro atoms. The summed E-state index contributed by atoms with van der Waals surface area (Å²) in [5.41, 5.74) is 5.30. The van der Waals surface area contributed by atoms with E-state index < -0.39 is 0 Å². The summed E-state index contributed by atoms with van der Waals surface area (Å²) in [6, 6.07) is 17.8. The first kappa shape index (κ1) is 14.8. The summed E-state index contributed by atoms with van der Waals surface area (Å²) in [6.07, 6.45) is 2.57. The molecule has 3 atom stereocenters. The fourth-order valence-corrected chi connectivity index (χ4v) is 6.36. The number of piperidine rings is 2. The summed E-state index contributed by atoms with van der Waals surface area (Å²) in [5, 5.41) is 3.93. The molecule has 0 saturated carbocycles. The van der Waals surface area contributed by atoms with E-state index in [0.717, 1.165) is 31.6 Å². The van der Waals surface area contributed by atoms with Crippen molar-refractivity contribution in [3.63, 3.8) is 0 Å². The van der Waals surface area contributed by atoms with Gasteiger partial charge in [0.1, 0.15) is 5.84 Å². The Morgan fingerprint density at radius 1 is 0.962 bits per heavy atom. The molecule has 4 bridgehead atoms. The second-order valence-electron chi connectivity index (χ2n) is 8.32. The van der Waals surface area contributed by atoms with Crippen LogP contribution in [0.25, 0.3) is 0 Å². The first-order valence-electron chi connectivity index (χ1n) is 9.65. The Morgan fingerprint density at radius 3 is 2.62 bits per heavy atom. The first-order valence-corrected chi connectivity index (χ1v) is 9.65. The van der Waals surface area contributed by atoms with Crippen LogP contribution in [0.4, 0.5) is 11.4 Å². The molecule has 26 heavy (non-hydrogen) atoms. The topological polar surface area (TPSA) is 30.9 Å². The molecular weight excluding hydrogens is 320 g/mol. The van der Waals surface area contributed by atoms with Gasteiger partial charge in [0.2, 0.25) is 0 Å². The van der Waals surface area contributed by atoms with Crippen LogP contribution in [-0.2, 0) is 10.8 Å². The lowest BCUT2D eigenvalue weighted by atomic mass is 9.46. The Hall–Kier alpha value is -2.33. The highest BCUT2D eigenvalue weighted by atomic mass is 15.3. The number of nitrogens with one attached hydrogen (secondary N) is 1. The highest BCUT2D eigenvalue weighted by molar-refractivity contribution is 6.02. The van der Waals surface area contributed by atoms with Gasteiger partial charge in [-0.05, 0) is 43.1 Å². The monoisotopic (exact) mass is 344 g/mol. The number of para-hydroxylation sites is 2. The van der Waals surface area contributed by atoms with Crippen LogP contribution in [-0.4, -0.2) is 49.0 Å². The molecule has 2 aromatic rings. The highest BCUT2D eigenvalue weighted by Gasteiger charge is 2.69. The Morgan fingerprint density at radius 2 is 1.73 bits per heavy atom. The summed E-state index contributed by atoms with van der Waals surface area (Å²) in [5.74, 6) is 1.27. The van der Waals surface area contributed by atoms with Crippen LogP contribution in [0, 0.1) is 0 Å². The SMILES string of the molecule is CN1CCC23c4ccccc4N=C1C21CCN(C)C3Nc2ccccc21. The standard InChI is InChI=1S/C22H24N4/c1-25-13-11-22-16-8-4-5-9-17(16)23-19(25)21(22)12-14-26(2)20(22)24-18-10-6-3-7-15(18)21/h3-10,19,23H,11-14H2,1-2H3. The Bertz CT molecular complexity index is 951. The fraction of sp³-hybridized carbons (Fsp3) is 0.409. The highest BCUT2D eigenvalue weighted by Crippen LogP contribution is 2.64. The van der Waals surface area contributed by atoms with Gasteiger partial charge in [-0.2, -0.15) is 0 Å². The molecule has 4 nitrogen and oxygen atoms in total. The van der Waals surface area contributed by atoms with Gasteiger partial charge in [0.25, 0.3) is 0 Å². The number of anilines is 1. The van der Waals surface area contributed by atoms with Crippen LogP contribution >= 0.6 is 0 Å². The van der Waals surface area contributed by atoms with Gasteiger partial charge in [0, 0.05) is 31.2 Å². The van der Waals surface area contributed by atoms with Crippen molar-refractivity contribution in [1.29, 1.82) is 0 Å². The molecule has 3 unspecified atom stereocenters. The number of nitrogens with zero attached hydrogens (tertiary/aromatic N) is 3. The van der Waals surface area contributed by atoms with Crippen LogP contribution in [0.1, 0.15) is 24.0 Å². The molecule has 4 aliphatic heterocycles. The van der Waals surface area contributed by atoms with Gasteiger partial charge in [0.15, 0.2) is 0 Å². The molecule has 2 aromatic carbocycles. The minimum atomic E-state index is -0.0344. The molecule has 0 amide bonds. The smallest absolute Gasteiger partial charge is 0.116 e. The zero-order chi connectivity index (χ0) is 17.5. The van der Waals surface area contributed by atoms with Gasteiger partial charge in [0.05, 0.1) is 17.3 Å². The second kappa shape index (κ2) is 4.68. The lowest BCUT2D eigenvalue weighted by molar-refractivity contribution is 0.0209. The van der Waals surface area contributed by atoms with Gasteiger partial charge < -0.3 is 10.2 Å². The number of hydrogen-bond donors (Lipinski definition) is 1. The van der Waals surface area contributed by atoms with E-state index in [1.165, 1.54) is 22.6 Å². The Balaban J connectivity index is 1.78. The summed E-state index contributed by atoms with van der Waals surface area (Å²) in [4.78, 5) is 10.2. The minimum Gasteiger partial charge on any atom is -0.369 e. The van der Waals surface area contributed by atoms with Gasteiger partial charge in [-0.1, -0.05) is 36.4 Å². The Labute approximate surface area is 154 Å². The third kappa shape index (κ3) is 1.42. The molecule has 1 N–H and O–H groups in total. The summed E-state index contributed by atoms with van der Waals surface area (Å²) in [7, 11) is 4.50. The Kier molecular flexibility index (Phi) is 2.67. The van der Waals surface area contributed by atoms with E-state index in [0.29, 0.717) is 6.17 Å². The largest absolute Gasteiger partial charge is 0.369 e. The van der Waals surface area contributed by atoms with Gasteiger partial charge in [-0.15, -0.1) is 0 Å². The number of aliphatic imine (C=N–C) groups is 1. The molecule has 0 radical (unpaired) electrons. The van der Waals surface area contributed by atoms with Crippen LogP contribution in [0.5, 0.6) is 0 Å². The van der Waals surface area contributed by atoms with Crippen LogP contribution < -0.4 is 5.32 Å². The van der Waals surface area contributed by atoms with E-state index in [1.807, 2.05) is 0 Å². The van der Waals surface area contributed by atoms with Crippen LogP contribution in [0.15, 0.2) is 53.5 Å². The molecular formula is C22H24N4. The number of amidine groups is 1. The summed E-state index contributed by atoms with van der Waals surface area (Å²) < 4.78 is 0. The molecule has 2 saturated heterocycles. The lowest BCUT2D eigenvalue weighted by Crippen LogP contribution is -2.77. The number of likely N-dealkylation sites (tertiary alicyclic amines) is 2. The molecule has 2 fully saturated rings. The van der Waals surface area contributed by atoms with Crippen molar-refractivity contribution in [2.75, 3.05) is 32.5 Å². The van der Waals surface area contributed by atoms with Crippen molar-refractivity contribution in [2.45, 2.75) is 29.8 Å². The van der Waals surface area contributed by atoms with Gasteiger partial charge in [-0.3, -0.25) is 4.90 Å². The van der Waals surface area contributed by atoms with E-state index in [4.69, 9.17) is 4.99 Å². The van der Waals surface area contributed by atoms with Crippen molar-refractivity contribution in [3.05, 3.63) is 59.7 Å². The number of hydrogen-bond acceptors (Lipinski definition) is 4.